The van der Waals surface area contributed by atoms with Crippen LogP contribution in [0.4, 0.5) is 0 Å². The number of hydrogen-bond donors (Lipinski definition) is 1. The quantitative estimate of drug-likeness (QED) is 0.802. The predicted molar refractivity (Wildman–Crippen MR) is 89.6 cm³/mol. The number of aromatic nitrogens is 4. The van der Waals surface area contributed by atoms with Crippen molar-refractivity contribution in [2.24, 2.45) is 0 Å². The average molecular weight is 321 g/mol. The van der Waals surface area contributed by atoms with Gasteiger partial charge in [-0.15, -0.1) is 10.2 Å². The molecular weight excluding hydrogens is 302 g/mol. The van der Waals surface area contributed by atoms with Gasteiger partial charge in [-0.2, -0.15) is 0 Å². The fourth-order valence-corrected chi connectivity index (χ4v) is 3.28. The number of nitrogens with one attached hydrogen (secondary N) is 1. The minimum absolute atomic E-state index is 0.117. The van der Waals surface area contributed by atoms with Crippen molar-refractivity contribution in [2.75, 3.05) is 0 Å². The Morgan fingerprint density at radius 1 is 1.17 bits per heavy atom. The van der Waals surface area contributed by atoms with Gasteiger partial charge in [-0.3, -0.25) is 14.2 Å². The number of amides is 1. The summed E-state index contributed by atoms with van der Waals surface area (Å²) in [6.45, 7) is 0.412. The molecule has 1 saturated carbocycles. The van der Waals surface area contributed by atoms with Gasteiger partial charge < -0.3 is 5.32 Å². The van der Waals surface area contributed by atoms with E-state index < -0.39 is 0 Å². The Kier molecular flexibility index (Phi) is 3.94. The van der Waals surface area contributed by atoms with E-state index in [4.69, 9.17) is 0 Å². The Bertz CT molecular complexity index is 852. The zero-order valence-electron chi connectivity index (χ0n) is 13.4. The van der Waals surface area contributed by atoms with E-state index in [1.807, 2.05) is 34.9 Å². The summed E-state index contributed by atoms with van der Waals surface area (Å²) in [6.07, 6.45) is 8.34. The van der Waals surface area contributed by atoms with Crippen LogP contribution in [0.5, 0.6) is 0 Å². The van der Waals surface area contributed by atoms with Crippen LogP contribution < -0.4 is 5.32 Å². The first-order chi connectivity index (χ1) is 11.8. The van der Waals surface area contributed by atoms with Gasteiger partial charge in [0.25, 0.3) is 5.91 Å². The third-order valence-electron chi connectivity index (χ3n) is 4.57. The molecule has 0 atom stereocenters. The molecule has 0 saturated heterocycles. The van der Waals surface area contributed by atoms with Gasteiger partial charge in [-0.1, -0.05) is 18.9 Å². The zero-order chi connectivity index (χ0) is 16.4. The van der Waals surface area contributed by atoms with Crippen LogP contribution in [-0.2, 0) is 6.54 Å². The van der Waals surface area contributed by atoms with Gasteiger partial charge in [-0.05, 0) is 37.1 Å². The van der Waals surface area contributed by atoms with Crippen molar-refractivity contribution in [2.45, 2.75) is 38.1 Å². The second kappa shape index (κ2) is 6.39. The summed E-state index contributed by atoms with van der Waals surface area (Å²) in [7, 11) is 0. The maximum Gasteiger partial charge on any atom is 0.253 e. The van der Waals surface area contributed by atoms with Crippen molar-refractivity contribution in [3.05, 3.63) is 59.8 Å². The molecule has 0 unspecified atom stereocenters. The Hall–Kier alpha value is -2.76. The molecular formula is C18H19N5O. The van der Waals surface area contributed by atoms with Crippen molar-refractivity contribution < 1.29 is 4.79 Å². The summed E-state index contributed by atoms with van der Waals surface area (Å²) in [6, 6.07) is 9.29. The van der Waals surface area contributed by atoms with Crippen LogP contribution >= 0.6 is 0 Å². The highest BCUT2D eigenvalue weighted by atomic mass is 16.1. The second-order valence-electron chi connectivity index (χ2n) is 6.19. The summed E-state index contributed by atoms with van der Waals surface area (Å²) in [5, 5.41) is 11.5. The molecule has 6 heteroatoms. The van der Waals surface area contributed by atoms with Crippen LogP contribution in [-0.4, -0.2) is 25.5 Å². The fourth-order valence-electron chi connectivity index (χ4n) is 3.28. The molecule has 6 nitrogen and oxygen atoms in total. The molecule has 1 aliphatic rings. The number of pyridine rings is 2. The van der Waals surface area contributed by atoms with E-state index in [9.17, 15) is 4.79 Å². The molecule has 122 valence electrons. The average Bonchev–Trinajstić information content (AvgIpc) is 3.29. The Balaban J connectivity index is 1.55. The van der Waals surface area contributed by atoms with E-state index in [-0.39, 0.29) is 5.91 Å². The normalized spacial score (nSPS) is 15.0. The molecule has 0 spiro atoms. The molecule has 3 aromatic heterocycles. The van der Waals surface area contributed by atoms with Crippen molar-refractivity contribution in [3.8, 4) is 0 Å². The third-order valence-corrected chi connectivity index (χ3v) is 4.57. The summed E-state index contributed by atoms with van der Waals surface area (Å²) < 4.78 is 1.96. The summed E-state index contributed by atoms with van der Waals surface area (Å²) in [5.41, 5.74) is 2.23. The second-order valence-corrected chi connectivity index (χ2v) is 6.19. The van der Waals surface area contributed by atoms with Crippen molar-refractivity contribution in [1.82, 2.24) is 24.9 Å². The molecule has 24 heavy (non-hydrogen) atoms. The van der Waals surface area contributed by atoms with Crippen LogP contribution in [0.3, 0.4) is 0 Å². The number of hydrogen-bond acceptors (Lipinski definition) is 4. The first-order valence-electron chi connectivity index (χ1n) is 8.34. The topological polar surface area (TPSA) is 72.2 Å². The lowest BCUT2D eigenvalue weighted by Crippen LogP contribution is -2.23. The number of carbonyl (C=O) groups excluding carboxylic acids is 1. The smallest absolute Gasteiger partial charge is 0.253 e. The number of rotatable bonds is 4. The van der Waals surface area contributed by atoms with Crippen LogP contribution in [0.1, 0.15) is 53.5 Å². The van der Waals surface area contributed by atoms with Crippen molar-refractivity contribution in [3.63, 3.8) is 0 Å². The van der Waals surface area contributed by atoms with Gasteiger partial charge in [0.15, 0.2) is 5.65 Å². The van der Waals surface area contributed by atoms with Crippen LogP contribution in [0.2, 0.25) is 0 Å². The summed E-state index contributed by atoms with van der Waals surface area (Å²) in [5.74, 6) is 1.31. The fraction of sp³-hybridized carbons (Fsp3) is 0.333. The summed E-state index contributed by atoms with van der Waals surface area (Å²) in [4.78, 5) is 16.6. The Labute approximate surface area is 139 Å². The molecule has 0 aliphatic heterocycles. The van der Waals surface area contributed by atoms with Crippen molar-refractivity contribution in [1.29, 1.82) is 0 Å². The van der Waals surface area contributed by atoms with Gasteiger partial charge >= 0.3 is 0 Å². The standard InChI is InChI=1S/C18H19N5O/c24-18(20-11-15-7-3-4-10-19-15)14-8-9-16-21-22-17(23(16)12-14)13-5-1-2-6-13/h3-4,7-10,12-13H,1-2,5-6,11H2,(H,20,24). The van der Waals surface area contributed by atoms with Crippen LogP contribution in [0.25, 0.3) is 5.65 Å². The van der Waals surface area contributed by atoms with E-state index >= 15 is 0 Å². The minimum Gasteiger partial charge on any atom is -0.346 e. The first-order valence-corrected chi connectivity index (χ1v) is 8.34. The lowest BCUT2D eigenvalue weighted by atomic mass is 10.1. The van der Waals surface area contributed by atoms with Gasteiger partial charge in [0.2, 0.25) is 0 Å². The highest BCUT2D eigenvalue weighted by Crippen LogP contribution is 2.33. The molecule has 1 fully saturated rings. The molecule has 0 bridgehead atoms. The molecule has 0 aromatic carbocycles. The van der Waals surface area contributed by atoms with Gasteiger partial charge in [-0.25, -0.2) is 0 Å². The van der Waals surface area contributed by atoms with E-state index in [0.29, 0.717) is 18.0 Å². The lowest BCUT2D eigenvalue weighted by Gasteiger charge is -2.08. The van der Waals surface area contributed by atoms with Crippen molar-refractivity contribution >= 4 is 11.6 Å². The largest absolute Gasteiger partial charge is 0.346 e. The first kappa shape index (κ1) is 14.8. The molecule has 0 radical (unpaired) electrons. The van der Waals surface area contributed by atoms with Gasteiger partial charge in [0, 0.05) is 18.3 Å². The maximum absolute atomic E-state index is 12.4. The molecule has 4 rings (SSSR count). The Morgan fingerprint density at radius 2 is 2.04 bits per heavy atom. The highest BCUT2D eigenvalue weighted by molar-refractivity contribution is 5.94. The summed E-state index contributed by atoms with van der Waals surface area (Å²) >= 11 is 0. The lowest BCUT2D eigenvalue weighted by molar-refractivity contribution is 0.0950. The molecule has 3 heterocycles. The zero-order valence-corrected chi connectivity index (χ0v) is 13.4. The predicted octanol–water partition coefficient (Wildman–Crippen LogP) is 2.71. The molecule has 1 aliphatic carbocycles. The molecule has 3 aromatic rings. The van der Waals surface area contributed by atoms with Gasteiger partial charge in [0.1, 0.15) is 5.82 Å². The van der Waals surface area contributed by atoms with Gasteiger partial charge in [0.05, 0.1) is 17.8 Å². The monoisotopic (exact) mass is 321 g/mol. The van der Waals surface area contributed by atoms with E-state index in [0.717, 1.165) is 30.0 Å². The number of fused-ring (bicyclic) bond motifs is 1. The maximum atomic E-state index is 12.4. The van der Waals surface area contributed by atoms with E-state index in [1.165, 1.54) is 12.8 Å². The molecule has 1 amide bonds. The van der Waals surface area contributed by atoms with Crippen LogP contribution in [0.15, 0.2) is 42.7 Å². The molecule has 1 N–H and O–H groups in total. The number of carbonyl (C=O) groups is 1. The van der Waals surface area contributed by atoms with E-state index in [2.05, 4.69) is 20.5 Å². The number of nitrogens with zero attached hydrogens (tertiary/aromatic N) is 4. The minimum atomic E-state index is -0.117. The highest BCUT2D eigenvalue weighted by Gasteiger charge is 2.22. The third kappa shape index (κ3) is 2.87. The van der Waals surface area contributed by atoms with E-state index in [1.54, 1.807) is 12.3 Å². The van der Waals surface area contributed by atoms with Crippen LogP contribution in [0, 0.1) is 0 Å². The SMILES string of the molecule is O=C(NCc1ccccn1)c1ccc2nnc(C3CCCC3)n2c1. The Morgan fingerprint density at radius 3 is 2.83 bits per heavy atom.